The number of ether oxygens (including phenoxy) is 1. The lowest BCUT2D eigenvalue weighted by molar-refractivity contribution is 0.0318. The number of fused-ring (bicyclic) bond motifs is 1. The number of pyridine rings is 1. The van der Waals surface area contributed by atoms with Gasteiger partial charge in [-0.15, -0.1) is 0 Å². The van der Waals surface area contributed by atoms with Crippen LogP contribution < -0.4 is 5.32 Å². The highest BCUT2D eigenvalue weighted by Gasteiger charge is 2.21. The number of aromatic nitrogens is 1. The zero-order valence-electron chi connectivity index (χ0n) is 13.5. The van der Waals surface area contributed by atoms with E-state index in [1.165, 1.54) is 10.9 Å². The summed E-state index contributed by atoms with van der Waals surface area (Å²) in [6, 6.07) is 11.0. The molecule has 0 saturated carbocycles. The zero-order chi connectivity index (χ0) is 15.2. The summed E-state index contributed by atoms with van der Waals surface area (Å²) >= 11 is 0. The molecule has 1 N–H and O–H groups in total. The molecule has 0 saturated heterocycles. The molecule has 0 spiro atoms. The molecular weight excluding hydrogens is 260 g/mol. The Kier molecular flexibility index (Phi) is 5.71. The average molecular weight is 286 g/mol. The minimum atomic E-state index is 0.200. The number of hydrogen-bond acceptors (Lipinski definition) is 3. The summed E-state index contributed by atoms with van der Waals surface area (Å²) in [6.45, 7) is 10.1. The van der Waals surface area contributed by atoms with Crippen LogP contribution in [0.3, 0.4) is 0 Å². The Morgan fingerprint density at radius 3 is 2.62 bits per heavy atom. The topological polar surface area (TPSA) is 34.2 Å². The van der Waals surface area contributed by atoms with E-state index in [1.54, 1.807) is 0 Å². The van der Waals surface area contributed by atoms with Gasteiger partial charge in [-0.1, -0.05) is 26.0 Å². The van der Waals surface area contributed by atoms with E-state index >= 15 is 0 Å². The Bertz CT molecular complexity index is 582. The van der Waals surface area contributed by atoms with Crippen molar-refractivity contribution < 1.29 is 4.74 Å². The molecular formula is C18H26N2O. The molecule has 0 fully saturated rings. The lowest BCUT2D eigenvalue weighted by Crippen LogP contribution is -2.33. The van der Waals surface area contributed by atoms with Crippen molar-refractivity contribution in [1.82, 2.24) is 10.3 Å². The molecule has 2 aromatic rings. The Morgan fingerprint density at radius 2 is 1.95 bits per heavy atom. The third-order valence-electron chi connectivity index (χ3n) is 3.79. The third kappa shape index (κ3) is 3.80. The van der Waals surface area contributed by atoms with Gasteiger partial charge in [-0.3, -0.25) is 4.98 Å². The van der Waals surface area contributed by atoms with Crippen LogP contribution in [0, 0.1) is 6.92 Å². The first kappa shape index (κ1) is 15.9. The van der Waals surface area contributed by atoms with Crippen molar-refractivity contribution in [3.05, 3.63) is 41.6 Å². The maximum Gasteiger partial charge on any atom is 0.0766 e. The minimum Gasteiger partial charge on any atom is -0.377 e. The van der Waals surface area contributed by atoms with Crippen LogP contribution in [-0.4, -0.2) is 24.2 Å². The first-order valence-electron chi connectivity index (χ1n) is 7.91. The summed E-state index contributed by atoms with van der Waals surface area (Å²) in [5.74, 6) is 0. The van der Waals surface area contributed by atoms with Gasteiger partial charge < -0.3 is 10.1 Å². The molecule has 114 valence electrons. The second kappa shape index (κ2) is 7.53. The molecule has 0 bridgehead atoms. The fourth-order valence-electron chi connectivity index (χ4n) is 2.79. The Morgan fingerprint density at radius 1 is 1.14 bits per heavy atom. The first-order chi connectivity index (χ1) is 10.2. The van der Waals surface area contributed by atoms with Gasteiger partial charge in [0, 0.05) is 17.7 Å². The fraction of sp³-hybridized carbons (Fsp3) is 0.500. The summed E-state index contributed by atoms with van der Waals surface area (Å²) < 4.78 is 5.91. The van der Waals surface area contributed by atoms with Crippen LogP contribution in [0.2, 0.25) is 0 Å². The highest BCUT2D eigenvalue weighted by Crippen LogP contribution is 2.25. The van der Waals surface area contributed by atoms with Crippen molar-refractivity contribution in [1.29, 1.82) is 0 Å². The van der Waals surface area contributed by atoms with Crippen molar-refractivity contribution in [2.75, 3.05) is 13.2 Å². The number of nitrogens with one attached hydrogen (secondary N) is 1. The summed E-state index contributed by atoms with van der Waals surface area (Å²) in [7, 11) is 0. The molecule has 21 heavy (non-hydrogen) atoms. The second-order valence-electron chi connectivity index (χ2n) is 5.34. The number of rotatable bonds is 7. The highest BCUT2D eigenvalue weighted by molar-refractivity contribution is 5.79. The maximum absolute atomic E-state index is 5.91. The van der Waals surface area contributed by atoms with E-state index in [-0.39, 0.29) is 12.1 Å². The quantitative estimate of drug-likeness (QED) is 0.835. The van der Waals surface area contributed by atoms with Crippen LogP contribution in [0.5, 0.6) is 0 Å². The number of likely N-dealkylation sites (N-methyl/N-ethyl adjacent to an activating group) is 1. The maximum atomic E-state index is 5.91. The van der Waals surface area contributed by atoms with Crippen molar-refractivity contribution >= 4 is 10.9 Å². The molecule has 0 aliphatic rings. The summed E-state index contributed by atoms with van der Waals surface area (Å²) in [6.07, 6.45) is 1.20. The van der Waals surface area contributed by atoms with Crippen LogP contribution in [0.15, 0.2) is 30.3 Å². The van der Waals surface area contributed by atoms with E-state index in [0.717, 1.165) is 30.8 Å². The van der Waals surface area contributed by atoms with Gasteiger partial charge in [0.15, 0.2) is 0 Å². The smallest absolute Gasteiger partial charge is 0.0766 e. The van der Waals surface area contributed by atoms with Gasteiger partial charge in [-0.25, -0.2) is 0 Å². The van der Waals surface area contributed by atoms with E-state index in [9.17, 15) is 0 Å². The van der Waals surface area contributed by atoms with Gasteiger partial charge in [-0.05, 0) is 50.6 Å². The summed E-state index contributed by atoms with van der Waals surface area (Å²) in [5, 5.41) is 4.75. The van der Waals surface area contributed by atoms with Crippen molar-refractivity contribution in [3.8, 4) is 0 Å². The standard InChI is InChI=1S/C18H26N2O/c1-5-17(21-7-3)18(19-6-2)15-10-11-16-14(12-15)9-8-13(4)20-16/h8-12,17-19H,5-7H2,1-4H3. The summed E-state index contributed by atoms with van der Waals surface area (Å²) in [5.41, 5.74) is 3.38. The van der Waals surface area contributed by atoms with E-state index in [2.05, 4.69) is 61.4 Å². The Labute approximate surface area is 127 Å². The lowest BCUT2D eigenvalue weighted by atomic mass is 9.97. The predicted octanol–water partition coefficient (Wildman–Crippen LogP) is 4.01. The molecule has 3 heteroatoms. The van der Waals surface area contributed by atoms with Gasteiger partial charge in [0.05, 0.1) is 17.7 Å². The van der Waals surface area contributed by atoms with E-state index in [4.69, 9.17) is 4.74 Å². The molecule has 0 radical (unpaired) electrons. The van der Waals surface area contributed by atoms with Crippen LogP contribution in [0.1, 0.15) is 44.5 Å². The molecule has 2 unspecified atom stereocenters. The lowest BCUT2D eigenvalue weighted by Gasteiger charge is -2.27. The van der Waals surface area contributed by atoms with Crippen molar-refractivity contribution in [2.24, 2.45) is 0 Å². The first-order valence-corrected chi connectivity index (χ1v) is 7.91. The van der Waals surface area contributed by atoms with Crippen LogP contribution in [-0.2, 0) is 4.74 Å². The molecule has 1 aromatic heterocycles. The van der Waals surface area contributed by atoms with Crippen LogP contribution in [0.25, 0.3) is 10.9 Å². The molecule has 0 aliphatic carbocycles. The van der Waals surface area contributed by atoms with Gasteiger partial charge in [0.1, 0.15) is 0 Å². The monoisotopic (exact) mass is 286 g/mol. The third-order valence-corrected chi connectivity index (χ3v) is 3.79. The van der Waals surface area contributed by atoms with Crippen LogP contribution in [0.4, 0.5) is 0 Å². The average Bonchev–Trinajstić information content (AvgIpc) is 2.50. The molecule has 0 aliphatic heterocycles. The molecule has 3 nitrogen and oxygen atoms in total. The van der Waals surface area contributed by atoms with Crippen molar-refractivity contribution in [3.63, 3.8) is 0 Å². The number of benzene rings is 1. The fourth-order valence-corrected chi connectivity index (χ4v) is 2.79. The second-order valence-corrected chi connectivity index (χ2v) is 5.34. The largest absolute Gasteiger partial charge is 0.377 e. The molecule has 0 amide bonds. The van der Waals surface area contributed by atoms with Crippen LogP contribution >= 0.6 is 0 Å². The van der Waals surface area contributed by atoms with E-state index in [1.807, 2.05) is 6.92 Å². The summed E-state index contributed by atoms with van der Waals surface area (Å²) in [4.78, 5) is 4.57. The van der Waals surface area contributed by atoms with Gasteiger partial charge in [-0.2, -0.15) is 0 Å². The minimum absolute atomic E-state index is 0.200. The van der Waals surface area contributed by atoms with Gasteiger partial charge in [0.25, 0.3) is 0 Å². The highest BCUT2D eigenvalue weighted by atomic mass is 16.5. The van der Waals surface area contributed by atoms with Gasteiger partial charge >= 0.3 is 0 Å². The number of hydrogen-bond donors (Lipinski definition) is 1. The normalized spacial score (nSPS) is 14.3. The molecule has 1 aromatic carbocycles. The predicted molar refractivity (Wildman–Crippen MR) is 88.6 cm³/mol. The number of nitrogens with zero attached hydrogens (tertiary/aromatic N) is 1. The van der Waals surface area contributed by atoms with E-state index < -0.39 is 0 Å². The molecule has 2 atom stereocenters. The van der Waals surface area contributed by atoms with E-state index in [0.29, 0.717) is 0 Å². The molecule has 1 heterocycles. The Balaban J connectivity index is 2.37. The zero-order valence-corrected chi connectivity index (χ0v) is 13.5. The SMILES string of the molecule is CCNC(c1ccc2nc(C)ccc2c1)C(CC)OCC. The van der Waals surface area contributed by atoms with Crippen molar-refractivity contribution in [2.45, 2.75) is 46.3 Å². The Hall–Kier alpha value is -1.45. The molecule has 2 rings (SSSR count). The van der Waals surface area contributed by atoms with Gasteiger partial charge in [0.2, 0.25) is 0 Å². The number of aryl methyl sites for hydroxylation is 1.